The van der Waals surface area contributed by atoms with E-state index in [0.717, 1.165) is 0 Å². The Balaban J connectivity index is 2.55. The van der Waals surface area contributed by atoms with Crippen LogP contribution in [0.25, 0.3) is 6.08 Å². The van der Waals surface area contributed by atoms with Crippen LogP contribution < -0.4 is 0 Å². The average Bonchev–Trinajstić information content (AvgIpc) is 2.33. The van der Waals surface area contributed by atoms with Gasteiger partial charge in [0.1, 0.15) is 0 Å². The normalized spacial score (nSPS) is 16.0. The van der Waals surface area contributed by atoms with Gasteiger partial charge in [-0.3, -0.25) is 0 Å². The molecule has 0 saturated heterocycles. The van der Waals surface area contributed by atoms with Gasteiger partial charge in [0.05, 0.1) is 0 Å². The lowest BCUT2D eigenvalue weighted by Crippen LogP contribution is -1.98. The highest BCUT2D eigenvalue weighted by molar-refractivity contribution is 5.56. The largest absolute Gasteiger partial charge is 0.351 e. The number of allylic oxidation sites excluding steroid dienone is 1. The van der Waals surface area contributed by atoms with Crippen molar-refractivity contribution in [2.75, 3.05) is 0 Å². The summed E-state index contributed by atoms with van der Waals surface area (Å²) in [5, 5.41) is 0. The summed E-state index contributed by atoms with van der Waals surface area (Å²) in [7, 11) is 2.11. The van der Waals surface area contributed by atoms with E-state index in [9.17, 15) is 0 Å². The standard InChI is InChI=1S/C10H13N/c1-8-3-4-9-5-6-11(2)10(9)7-8/h5-7H,3-4H2,1-2H3. The molecule has 0 radical (unpaired) electrons. The molecule has 0 N–H and O–H groups in total. The van der Waals surface area contributed by atoms with Gasteiger partial charge in [-0.05, 0) is 37.5 Å². The summed E-state index contributed by atoms with van der Waals surface area (Å²) < 4.78 is 2.19. The Hall–Kier alpha value is -0.980. The Morgan fingerprint density at radius 3 is 3.00 bits per heavy atom. The summed E-state index contributed by atoms with van der Waals surface area (Å²) in [5.74, 6) is 0. The van der Waals surface area contributed by atoms with E-state index >= 15 is 0 Å². The maximum atomic E-state index is 2.29. The van der Waals surface area contributed by atoms with E-state index in [4.69, 9.17) is 0 Å². The maximum Gasteiger partial charge on any atom is 0.0436 e. The minimum Gasteiger partial charge on any atom is -0.351 e. The number of hydrogen-bond acceptors (Lipinski definition) is 0. The summed E-state index contributed by atoms with van der Waals surface area (Å²) in [6.45, 7) is 2.20. The summed E-state index contributed by atoms with van der Waals surface area (Å²) in [6.07, 6.45) is 6.88. The number of aromatic nitrogens is 1. The molecule has 1 aliphatic carbocycles. The Morgan fingerprint density at radius 2 is 2.18 bits per heavy atom. The molecule has 0 aromatic carbocycles. The van der Waals surface area contributed by atoms with Crippen molar-refractivity contribution < 1.29 is 0 Å². The summed E-state index contributed by atoms with van der Waals surface area (Å²) >= 11 is 0. The molecule has 1 heteroatoms. The van der Waals surface area contributed by atoms with E-state index in [1.165, 1.54) is 29.7 Å². The van der Waals surface area contributed by atoms with Gasteiger partial charge in [0.15, 0.2) is 0 Å². The third-order valence-electron chi connectivity index (χ3n) is 2.38. The number of hydrogen-bond donors (Lipinski definition) is 0. The molecule has 1 nitrogen and oxygen atoms in total. The third kappa shape index (κ3) is 1.01. The van der Waals surface area contributed by atoms with Crippen LogP contribution in [0.2, 0.25) is 0 Å². The monoisotopic (exact) mass is 147 g/mol. The average molecular weight is 147 g/mol. The van der Waals surface area contributed by atoms with Crippen molar-refractivity contribution in [3.05, 3.63) is 29.1 Å². The lowest BCUT2D eigenvalue weighted by Gasteiger charge is -2.10. The van der Waals surface area contributed by atoms with E-state index < -0.39 is 0 Å². The molecule has 11 heavy (non-hydrogen) atoms. The van der Waals surface area contributed by atoms with E-state index in [1.807, 2.05) is 0 Å². The van der Waals surface area contributed by atoms with Crippen molar-refractivity contribution >= 4 is 6.08 Å². The van der Waals surface area contributed by atoms with Crippen LogP contribution in [0.15, 0.2) is 17.8 Å². The number of fused-ring (bicyclic) bond motifs is 1. The first-order valence-electron chi connectivity index (χ1n) is 4.09. The fourth-order valence-electron chi connectivity index (χ4n) is 1.64. The molecule has 2 rings (SSSR count). The summed E-state index contributed by atoms with van der Waals surface area (Å²) in [6, 6.07) is 2.22. The molecule has 0 bridgehead atoms. The zero-order valence-electron chi connectivity index (χ0n) is 7.09. The minimum absolute atomic E-state index is 1.22. The lowest BCUT2D eigenvalue weighted by atomic mass is 9.99. The lowest BCUT2D eigenvalue weighted by molar-refractivity contribution is 0.866. The van der Waals surface area contributed by atoms with Crippen molar-refractivity contribution in [3.63, 3.8) is 0 Å². The van der Waals surface area contributed by atoms with Gasteiger partial charge in [-0.2, -0.15) is 0 Å². The molecule has 0 fully saturated rings. The zero-order chi connectivity index (χ0) is 7.84. The van der Waals surface area contributed by atoms with Crippen molar-refractivity contribution in [2.45, 2.75) is 19.8 Å². The first-order valence-corrected chi connectivity index (χ1v) is 4.09. The van der Waals surface area contributed by atoms with Gasteiger partial charge in [-0.15, -0.1) is 0 Å². The van der Waals surface area contributed by atoms with Crippen LogP contribution in [0.3, 0.4) is 0 Å². The first-order chi connectivity index (χ1) is 5.27. The quantitative estimate of drug-likeness (QED) is 0.531. The number of rotatable bonds is 0. The van der Waals surface area contributed by atoms with Crippen molar-refractivity contribution in [2.24, 2.45) is 7.05 Å². The second kappa shape index (κ2) is 2.26. The molecule has 1 aromatic heterocycles. The maximum absolute atomic E-state index is 2.29. The minimum atomic E-state index is 1.22. The summed E-state index contributed by atoms with van der Waals surface area (Å²) in [4.78, 5) is 0. The van der Waals surface area contributed by atoms with Gasteiger partial charge in [0.25, 0.3) is 0 Å². The first kappa shape index (κ1) is 6.71. The van der Waals surface area contributed by atoms with Crippen LogP contribution >= 0.6 is 0 Å². The van der Waals surface area contributed by atoms with E-state index in [0.29, 0.717) is 0 Å². The van der Waals surface area contributed by atoms with Crippen molar-refractivity contribution in [3.8, 4) is 0 Å². The van der Waals surface area contributed by atoms with Crippen LogP contribution in [-0.4, -0.2) is 4.57 Å². The van der Waals surface area contributed by atoms with E-state index in [1.54, 1.807) is 0 Å². The molecule has 0 aliphatic heterocycles. The fourth-order valence-corrected chi connectivity index (χ4v) is 1.64. The van der Waals surface area contributed by atoms with Gasteiger partial charge in [-0.25, -0.2) is 0 Å². The van der Waals surface area contributed by atoms with Gasteiger partial charge in [0, 0.05) is 18.9 Å². The van der Waals surface area contributed by atoms with Crippen LogP contribution in [0, 0.1) is 0 Å². The SMILES string of the molecule is CC1=Cc2c(ccn2C)CC1. The highest BCUT2D eigenvalue weighted by atomic mass is 14.9. The Kier molecular flexibility index (Phi) is 1.38. The Bertz CT molecular complexity index is 305. The second-order valence-corrected chi connectivity index (χ2v) is 3.33. The molecular formula is C10H13N. The predicted octanol–water partition coefficient (Wildman–Crippen LogP) is 2.37. The fraction of sp³-hybridized carbons (Fsp3) is 0.400. The molecule has 1 heterocycles. The van der Waals surface area contributed by atoms with Crippen molar-refractivity contribution in [1.82, 2.24) is 4.57 Å². The molecule has 1 aliphatic rings. The van der Waals surface area contributed by atoms with E-state index in [2.05, 4.69) is 36.9 Å². The number of nitrogens with zero attached hydrogens (tertiary/aromatic N) is 1. The van der Waals surface area contributed by atoms with Gasteiger partial charge < -0.3 is 4.57 Å². The zero-order valence-corrected chi connectivity index (χ0v) is 7.09. The Morgan fingerprint density at radius 1 is 1.36 bits per heavy atom. The van der Waals surface area contributed by atoms with Gasteiger partial charge >= 0.3 is 0 Å². The van der Waals surface area contributed by atoms with Gasteiger partial charge in [-0.1, -0.05) is 5.57 Å². The number of aryl methyl sites for hydroxylation is 2. The molecule has 0 atom stereocenters. The predicted molar refractivity (Wildman–Crippen MR) is 47.4 cm³/mol. The highest BCUT2D eigenvalue weighted by Gasteiger charge is 2.09. The van der Waals surface area contributed by atoms with Gasteiger partial charge in [0.2, 0.25) is 0 Å². The van der Waals surface area contributed by atoms with Crippen molar-refractivity contribution in [1.29, 1.82) is 0 Å². The molecule has 0 amide bonds. The van der Waals surface area contributed by atoms with Crippen LogP contribution in [-0.2, 0) is 13.5 Å². The summed E-state index contributed by atoms with van der Waals surface area (Å²) in [5.41, 5.74) is 4.39. The van der Waals surface area contributed by atoms with Crippen LogP contribution in [0.4, 0.5) is 0 Å². The molecule has 1 aromatic rings. The highest BCUT2D eigenvalue weighted by Crippen LogP contribution is 2.23. The van der Waals surface area contributed by atoms with Crippen LogP contribution in [0.1, 0.15) is 24.6 Å². The molecule has 0 spiro atoms. The third-order valence-corrected chi connectivity index (χ3v) is 2.38. The molecule has 0 saturated carbocycles. The van der Waals surface area contributed by atoms with Crippen LogP contribution in [0.5, 0.6) is 0 Å². The molecule has 0 unspecified atom stereocenters. The molecular weight excluding hydrogens is 134 g/mol. The smallest absolute Gasteiger partial charge is 0.0436 e. The molecule has 58 valence electrons. The Labute approximate surface area is 67.3 Å². The second-order valence-electron chi connectivity index (χ2n) is 3.33. The van der Waals surface area contributed by atoms with E-state index in [-0.39, 0.29) is 0 Å². The topological polar surface area (TPSA) is 4.93 Å².